The van der Waals surface area contributed by atoms with Gasteiger partial charge in [0.25, 0.3) is 0 Å². The SMILES string of the molecule is C#CCSc1nnc(NC(=O)[C@H]2CC(=O)N(c3cccc(C)c3)C2)s1. The Morgan fingerprint density at radius 2 is 2.36 bits per heavy atom. The third-order valence-corrected chi connectivity index (χ3v) is 5.60. The van der Waals surface area contributed by atoms with Gasteiger partial charge in [0.2, 0.25) is 16.9 Å². The molecule has 0 spiro atoms. The van der Waals surface area contributed by atoms with Gasteiger partial charge in [0.1, 0.15) is 0 Å². The van der Waals surface area contributed by atoms with Crippen molar-refractivity contribution >= 4 is 45.7 Å². The summed E-state index contributed by atoms with van der Waals surface area (Å²) in [6.07, 6.45) is 5.40. The van der Waals surface area contributed by atoms with Crippen LogP contribution in [0.3, 0.4) is 0 Å². The first-order valence-electron chi connectivity index (χ1n) is 7.64. The number of hydrogen-bond donors (Lipinski definition) is 1. The van der Waals surface area contributed by atoms with Crippen LogP contribution in [0.25, 0.3) is 0 Å². The van der Waals surface area contributed by atoms with Crippen molar-refractivity contribution in [2.75, 3.05) is 22.5 Å². The highest BCUT2D eigenvalue weighted by Gasteiger charge is 2.35. The first-order chi connectivity index (χ1) is 12.1. The minimum atomic E-state index is -0.404. The second-order valence-electron chi connectivity index (χ2n) is 5.60. The van der Waals surface area contributed by atoms with Gasteiger partial charge in [-0.1, -0.05) is 41.2 Å². The van der Waals surface area contributed by atoms with Crippen molar-refractivity contribution < 1.29 is 9.59 Å². The zero-order chi connectivity index (χ0) is 17.8. The monoisotopic (exact) mass is 372 g/mol. The number of nitrogens with one attached hydrogen (secondary N) is 1. The van der Waals surface area contributed by atoms with E-state index in [1.165, 1.54) is 23.1 Å². The molecule has 1 atom stereocenters. The van der Waals surface area contributed by atoms with Gasteiger partial charge in [-0.25, -0.2) is 0 Å². The van der Waals surface area contributed by atoms with E-state index in [1.54, 1.807) is 4.90 Å². The molecule has 1 aliphatic rings. The van der Waals surface area contributed by atoms with E-state index in [9.17, 15) is 9.59 Å². The maximum absolute atomic E-state index is 12.4. The Morgan fingerprint density at radius 1 is 1.52 bits per heavy atom. The van der Waals surface area contributed by atoms with Gasteiger partial charge in [-0.15, -0.1) is 16.6 Å². The van der Waals surface area contributed by atoms with E-state index >= 15 is 0 Å². The fourth-order valence-corrected chi connectivity index (χ4v) is 3.99. The quantitative estimate of drug-likeness (QED) is 0.496. The molecule has 128 valence electrons. The summed E-state index contributed by atoms with van der Waals surface area (Å²) in [7, 11) is 0. The number of rotatable bonds is 5. The number of hydrogen-bond acceptors (Lipinski definition) is 6. The Balaban J connectivity index is 1.63. The average molecular weight is 372 g/mol. The second kappa shape index (κ2) is 7.68. The number of carbonyl (C=O) groups is 2. The molecule has 2 heterocycles. The Labute approximate surface area is 154 Å². The van der Waals surface area contributed by atoms with Gasteiger partial charge >= 0.3 is 0 Å². The average Bonchev–Trinajstić information content (AvgIpc) is 3.19. The lowest BCUT2D eigenvalue weighted by atomic mass is 10.1. The number of benzene rings is 1. The Hall–Kier alpha value is -2.37. The Morgan fingerprint density at radius 3 is 3.12 bits per heavy atom. The predicted octanol–water partition coefficient (Wildman–Crippen LogP) is 2.56. The maximum Gasteiger partial charge on any atom is 0.231 e. The number of terminal acetylenes is 1. The van der Waals surface area contributed by atoms with Gasteiger partial charge < -0.3 is 10.2 Å². The normalized spacial score (nSPS) is 16.7. The van der Waals surface area contributed by atoms with E-state index < -0.39 is 5.92 Å². The van der Waals surface area contributed by atoms with Crippen LogP contribution in [0.2, 0.25) is 0 Å². The summed E-state index contributed by atoms with van der Waals surface area (Å²) in [5, 5.41) is 11.1. The van der Waals surface area contributed by atoms with E-state index in [0.717, 1.165) is 11.3 Å². The number of aromatic nitrogens is 2. The van der Waals surface area contributed by atoms with Gasteiger partial charge in [0.15, 0.2) is 4.34 Å². The molecule has 0 bridgehead atoms. The molecular formula is C17H16N4O2S2. The first kappa shape index (κ1) is 17.5. The molecule has 1 aromatic heterocycles. The fraction of sp³-hybridized carbons (Fsp3) is 0.294. The predicted molar refractivity (Wildman–Crippen MR) is 99.7 cm³/mol. The van der Waals surface area contributed by atoms with E-state index in [1.807, 2.05) is 31.2 Å². The van der Waals surface area contributed by atoms with Crippen molar-refractivity contribution in [3.8, 4) is 12.3 Å². The van der Waals surface area contributed by atoms with Crippen LogP contribution in [0.1, 0.15) is 12.0 Å². The molecule has 1 N–H and O–H groups in total. The van der Waals surface area contributed by atoms with Gasteiger partial charge in [-0.2, -0.15) is 0 Å². The van der Waals surface area contributed by atoms with Gasteiger partial charge in [0, 0.05) is 18.7 Å². The molecule has 0 saturated carbocycles. The highest BCUT2D eigenvalue weighted by molar-refractivity contribution is 8.01. The summed E-state index contributed by atoms with van der Waals surface area (Å²) in [5.41, 5.74) is 1.90. The standard InChI is InChI=1S/C17H16N4O2S2/c1-3-7-24-17-20-19-16(25-17)18-15(23)12-9-14(22)21(10-12)13-6-4-5-11(2)8-13/h1,4-6,8,12H,7,9-10H2,2H3,(H,18,19,23)/t12-/m0/s1. The van der Waals surface area contributed by atoms with Crippen LogP contribution in [0, 0.1) is 25.2 Å². The van der Waals surface area contributed by atoms with Crippen LogP contribution in [-0.4, -0.2) is 34.3 Å². The van der Waals surface area contributed by atoms with E-state index in [0.29, 0.717) is 21.8 Å². The minimum Gasteiger partial charge on any atom is -0.312 e. The number of thioether (sulfide) groups is 1. The zero-order valence-corrected chi connectivity index (χ0v) is 15.2. The molecule has 1 aliphatic heterocycles. The first-order valence-corrected chi connectivity index (χ1v) is 9.44. The second-order valence-corrected chi connectivity index (χ2v) is 7.80. The third kappa shape index (κ3) is 4.18. The summed E-state index contributed by atoms with van der Waals surface area (Å²) in [5.74, 6) is 2.35. The lowest BCUT2D eigenvalue weighted by Crippen LogP contribution is -2.28. The number of carbonyl (C=O) groups excluding carboxylic acids is 2. The molecule has 1 saturated heterocycles. The molecule has 1 aromatic carbocycles. The van der Waals surface area contributed by atoms with E-state index in [-0.39, 0.29) is 18.2 Å². The molecule has 0 unspecified atom stereocenters. The summed E-state index contributed by atoms with van der Waals surface area (Å²) in [6.45, 7) is 2.34. The third-order valence-electron chi connectivity index (χ3n) is 3.72. The van der Waals surface area contributed by atoms with E-state index in [2.05, 4.69) is 21.4 Å². The van der Waals surface area contributed by atoms with Crippen molar-refractivity contribution in [2.24, 2.45) is 5.92 Å². The molecule has 25 heavy (non-hydrogen) atoms. The van der Waals surface area contributed by atoms with Crippen molar-refractivity contribution in [3.63, 3.8) is 0 Å². The maximum atomic E-state index is 12.4. The molecule has 0 radical (unpaired) electrons. The lowest BCUT2D eigenvalue weighted by molar-refractivity contribution is -0.122. The molecule has 0 aliphatic carbocycles. The summed E-state index contributed by atoms with van der Waals surface area (Å²) in [6, 6.07) is 7.70. The molecule has 8 heteroatoms. The molecule has 2 aromatic rings. The molecule has 3 rings (SSSR count). The van der Waals surface area contributed by atoms with Crippen LogP contribution >= 0.6 is 23.1 Å². The summed E-state index contributed by atoms with van der Waals surface area (Å²) >= 11 is 2.67. The lowest BCUT2D eigenvalue weighted by Gasteiger charge is -2.17. The van der Waals surface area contributed by atoms with Gasteiger partial charge in [0.05, 0.1) is 11.7 Å². The van der Waals surface area contributed by atoms with Crippen LogP contribution in [-0.2, 0) is 9.59 Å². The zero-order valence-electron chi connectivity index (χ0n) is 13.6. The largest absolute Gasteiger partial charge is 0.312 e. The van der Waals surface area contributed by atoms with Crippen molar-refractivity contribution in [1.29, 1.82) is 0 Å². The van der Waals surface area contributed by atoms with Gasteiger partial charge in [-0.3, -0.25) is 9.59 Å². The van der Waals surface area contributed by atoms with Crippen LogP contribution < -0.4 is 10.2 Å². The molecule has 2 amide bonds. The van der Waals surface area contributed by atoms with Crippen molar-refractivity contribution in [1.82, 2.24) is 10.2 Å². The number of aryl methyl sites for hydroxylation is 1. The Bertz CT molecular complexity index is 843. The highest BCUT2D eigenvalue weighted by Crippen LogP contribution is 2.28. The van der Waals surface area contributed by atoms with Gasteiger partial charge in [-0.05, 0) is 24.6 Å². The number of amides is 2. The topological polar surface area (TPSA) is 75.2 Å². The van der Waals surface area contributed by atoms with Crippen LogP contribution in [0.4, 0.5) is 10.8 Å². The smallest absolute Gasteiger partial charge is 0.231 e. The highest BCUT2D eigenvalue weighted by atomic mass is 32.2. The number of nitrogens with zero attached hydrogens (tertiary/aromatic N) is 3. The van der Waals surface area contributed by atoms with Crippen LogP contribution in [0.15, 0.2) is 28.6 Å². The summed E-state index contributed by atoms with van der Waals surface area (Å²) in [4.78, 5) is 26.4. The number of anilines is 2. The minimum absolute atomic E-state index is 0.0479. The molecular weight excluding hydrogens is 356 g/mol. The molecule has 6 nitrogen and oxygen atoms in total. The van der Waals surface area contributed by atoms with Crippen LogP contribution in [0.5, 0.6) is 0 Å². The summed E-state index contributed by atoms with van der Waals surface area (Å²) < 4.78 is 0.706. The van der Waals surface area contributed by atoms with E-state index in [4.69, 9.17) is 6.42 Å². The van der Waals surface area contributed by atoms with Crippen molar-refractivity contribution in [3.05, 3.63) is 29.8 Å². The van der Waals surface area contributed by atoms with Crippen molar-refractivity contribution in [2.45, 2.75) is 17.7 Å². The fourth-order valence-electron chi connectivity index (χ4n) is 2.56. The molecule has 1 fully saturated rings. The Kier molecular flexibility index (Phi) is 5.36.